The molecule has 3 aromatic rings. The summed E-state index contributed by atoms with van der Waals surface area (Å²) in [4.78, 5) is 4.28. The molecule has 3 rings (SSSR count). The second-order valence-electron chi connectivity index (χ2n) is 4.29. The zero-order valence-corrected chi connectivity index (χ0v) is 12.1. The molecule has 0 spiro atoms. The van der Waals surface area contributed by atoms with Gasteiger partial charge in [-0.3, -0.25) is 0 Å². The smallest absolute Gasteiger partial charge is 0.217 e. The number of thiazole rings is 1. The van der Waals surface area contributed by atoms with Crippen LogP contribution in [-0.2, 0) is 16.4 Å². The van der Waals surface area contributed by atoms with Gasteiger partial charge in [0.05, 0.1) is 11.1 Å². The Hall–Kier alpha value is -1.76. The Morgan fingerprint density at radius 1 is 1.10 bits per heavy atom. The van der Waals surface area contributed by atoms with Crippen LogP contribution >= 0.6 is 11.3 Å². The fourth-order valence-corrected chi connectivity index (χ4v) is 4.46. The van der Waals surface area contributed by atoms with Crippen molar-refractivity contribution in [3.63, 3.8) is 0 Å². The second kappa shape index (κ2) is 4.97. The van der Waals surface area contributed by atoms with Crippen molar-refractivity contribution >= 4 is 31.9 Å². The van der Waals surface area contributed by atoms with E-state index >= 15 is 0 Å². The summed E-state index contributed by atoms with van der Waals surface area (Å²) < 4.78 is 25.3. The van der Waals surface area contributed by atoms with E-state index in [2.05, 4.69) is 4.98 Å². The Labute approximate surface area is 120 Å². The quantitative estimate of drug-likeness (QED) is 0.807. The lowest BCUT2D eigenvalue weighted by atomic mass is 10.1. The molecule has 0 aliphatic carbocycles. The van der Waals surface area contributed by atoms with Crippen LogP contribution in [0.2, 0.25) is 0 Å². The number of fused-ring (bicyclic) bond motifs is 1. The number of nitrogens with zero attached hydrogens (tertiary/aromatic N) is 1. The summed E-state index contributed by atoms with van der Waals surface area (Å²) in [6.07, 6.45) is 1.37. The van der Waals surface area contributed by atoms with Crippen LogP contribution in [0.15, 0.2) is 57.8 Å². The van der Waals surface area contributed by atoms with Gasteiger partial charge >= 0.3 is 0 Å². The molecule has 4 nitrogen and oxygen atoms in total. The third kappa shape index (κ3) is 2.22. The minimum Gasteiger partial charge on any atom is -0.325 e. The number of sulfone groups is 1. The summed E-state index contributed by atoms with van der Waals surface area (Å²) in [5, 5.41) is 2.53. The lowest BCUT2D eigenvalue weighted by molar-refractivity contribution is 0.598. The van der Waals surface area contributed by atoms with Gasteiger partial charge in [0.25, 0.3) is 0 Å². The van der Waals surface area contributed by atoms with Gasteiger partial charge in [-0.1, -0.05) is 30.3 Å². The van der Waals surface area contributed by atoms with Gasteiger partial charge < -0.3 is 5.73 Å². The summed E-state index contributed by atoms with van der Waals surface area (Å²) in [6, 6.07) is 12.8. The Kier molecular flexibility index (Phi) is 3.29. The highest BCUT2D eigenvalue weighted by Crippen LogP contribution is 2.28. The third-order valence-corrected chi connectivity index (χ3v) is 6.24. The molecule has 20 heavy (non-hydrogen) atoms. The van der Waals surface area contributed by atoms with Crippen molar-refractivity contribution in [3.8, 4) is 0 Å². The van der Waals surface area contributed by atoms with E-state index in [4.69, 9.17) is 5.73 Å². The van der Waals surface area contributed by atoms with Gasteiger partial charge in [-0.15, -0.1) is 11.3 Å². The molecule has 0 aliphatic rings. The maximum atomic E-state index is 12.5. The van der Waals surface area contributed by atoms with E-state index < -0.39 is 9.84 Å². The van der Waals surface area contributed by atoms with Crippen molar-refractivity contribution in [3.05, 3.63) is 53.7 Å². The SMILES string of the molecule is NCc1ncc(S(=O)(=O)c2ccc3ccccc3c2)s1. The first-order valence-corrected chi connectivity index (χ1v) is 8.30. The highest BCUT2D eigenvalue weighted by Gasteiger charge is 2.20. The van der Waals surface area contributed by atoms with Crippen molar-refractivity contribution in [1.82, 2.24) is 4.98 Å². The predicted octanol–water partition coefficient (Wildman–Crippen LogP) is 2.59. The first-order chi connectivity index (χ1) is 9.61. The van der Waals surface area contributed by atoms with E-state index in [1.165, 1.54) is 6.20 Å². The highest BCUT2D eigenvalue weighted by atomic mass is 32.2. The van der Waals surface area contributed by atoms with Gasteiger partial charge in [-0.05, 0) is 22.9 Å². The lowest BCUT2D eigenvalue weighted by Crippen LogP contribution is -1.99. The molecule has 0 amide bonds. The first-order valence-electron chi connectivity index (χ1n) is 6.00. The predicted molar refractivity (Wildman–Crippen MR) is 79.4 cm³/mol. The molecule has 2 N–H and O–H groups in total. The number of hydrogen-bond acceptors (Lipinski definition) is 5. The molecule has 1 heterocycles. The van der Waals surface area contributed by atoms with Gasteiger partial charge in [0.1, 0.15) is 9.22 Å². The van der Waals surface area contributed by atoms with Gasteiger partial charge in [0, 0.05) is 6.54 Å². The fourth-order valence-electron chi connectivity index (χ4n) is 1.96. The van der Waals surface area contributed by atoms with Crippen molar-refractivity contribution in [2.75, 3.05) is 0 Å². The Morgan fingerprint density at radius 2 is 1.85 bits per heavy atom. The molecule has 2 aromatic carbocycles. The van der Waals surface area contributed by atoms with E-state index in [0.717, 1.165) is 22.1 Å². The standard InChI is InChI=1S/C14H12N2O2S2/c15-8-13-16-9-14(19-13)20(17,18)12-6-5-10-3-1-2-4-11(10)7-12/h1-7,9H,8,15H2. The monoisotopic (exact) mass is 304 g/mol. The fraction of sp³-hybridized carbons (Fsp3) is 0.0714. The normalized spacial score (nSPS) is 11.8. The molecule has 6 heteroatoms. The number of benzene rings is 2. The average Bonchev–Trinajstić information content (AvgIpc) is 2.96. The summed E-state index contributed by atoms with van der Waals surface area (Å²) >= 11 is 1.12. The summed E-state index contributed by atoms with van der Waals surface area (Å²) in [5.41, 5.74) is 5.47. The molecule has 1 aromatic heterocycles. The topological polar surface area (TPSA) is 73.0 Å². The Bertz CT molecular complexity index is 870. The van der Waals surface area contributed by atoms with Gasteiger partial charge in [0.2, 0.25) is 9.84 Å². The molecule has 0 atom stereocenters. The average molecular weight is 304 g/mol. The molecule has 102 valence electrons. The van der Waals surface area contributed by atoms with Crippen LogP contribution in [0.25, 0.3) is 10.8 Å². The number of nitrogens with two attached hydrogens (primary N) is 1. The van der Waals surface area contributed by atoms with Crippen molar-refractivity contribution in [2.24, 2.45) is 5.73 Å². The highest BCUT2D eigenvalue weighted by molar-refractivity contribution is 7.93. The summed E-state index contributed by atoms with van der Waals surface area (Å²) in [6.45, 7) is 0.248. The summed E-state index contributed by atoms with van der Waals surface area (Å²) in [7, 11) is -3.52. The van der Waals surface area contributed by atoms with Crippen LogP contribution in [0.1, 0.15) is 5.01 Å². The first kappa shape index (κ1) is 13.2. The molecule has 0 unspecified atom stereocenters. The van der Waals surface area contributed by atoms with Gasteiger partial charge in [-0.2, -0.15) is 0 Å². The van der Waals surface area contributed by atoms with Crippen molar-refractivity contribution in [2.45, 2.75) is 15.6 Å². The lowest BCUT2D eigenvalue weighted by Gasteiger charge is -2.03. The maximum Gasteiger partial charge on any atom is 0.217 e. The molecule has 0 fully saturated rings. The number of aromatic nitrogens is 1. The van der Waals surface area contributed by atoms with E-state index in [9.17, 15) is 8.42 Å². The van der Waals surface area contributed by atoms with Crippen molar-refractivity contribution in [1.29, 1.82) is 0 Å². The number of rotatable bonds is 3. The molecule has 0 radical (unpaired) electrons. The van der Waals surface area contributed by atoms with E-state index in [1.807, 2.05) is 30.3 Å². The van der Waals surface area contributed by atoms with Gasteiger partial charge in [0.15, 0.2) is 0 Å². The van der Waals surface area contributed by atoms with E-state index in [1.54, 1.807) is 12.1 Å². The molecular formula is C14H12N2O2S2. The maximum absolute atomic E-state index is 12.5. The van der Waals surface area contributed by atoms with Crippen LogP contribution in [0.3, 0.4) is 0 Å². The van der Waals surface area contributed by atoms with Gasteiger partial charge in [-0.25, -0.2) is 13.4 Å². The Morgan fingerprint density at radius 3 is 2.55 bits per heavy atom. The van der Waals surface area contributed by atoms with Crippen LogP contribution < -0.4 is 5.73 Å². The summed E-state index contributed by atoms with van der Waals surface area (Å²) in [5.74, 6) is 0. The van der Waals surface area contributed by atoms with Crippen LogP contribution in [0.4, 0.5) is 0 Å². The van der Waals surface area contributed by atoms with Crippen LogP contribution in [-0.4, -0.2) is 13.4 Å². The van der Waals surface area contributed by atoms with E-state index in [-0.39, 0.29) is 15.6 Å². The third-order valence-electron chi connectivity index (χ3n) is 3.00. The minimum atomic E-state index is -3.52. The zero-order valence-electron chi connectivity index (χ0n) is 10.5. The molecule has 0 aliphatic heterocycles. The molecule has 0 bridgehead atoms. The van der Waals surface area contributed by atoms with Crippen molar-refractivity contribution < 1.29 is 8.42 Å². The molecule has 0 saturated carbocycles. The zero-order chi connectivity index (χ0) is 14.2. The van der Waals surface area contributed by atoms with Crippen LogP contribution in [0, 0.1) is 0 Å². The molecular weight excluding hydrogens is 292 g/mol. The van der Waals surface area contributed by atoms with Crippen LogP contribution in [0.5, 0.6) is 0 Å². The number of hydrogen-bond donors (Lipinski definition) is 1. The Balaban J connectivity index is 2.13. The minimum absolute atomic E-state index is 0.230. The second-order valence-corrected chi connectivity index (χ2v) is 7.58. The largest absolute Gasteiger partial charge is 0.325 e. The van der Waals surface area contributed by atoms with E-state index in [0.29, 0.717) is 5.01 Å². The molecule has 0 saturated heterocycles.